The first kappa shape index (κ1) is 20.9. The van der Waals surface area contributed by atoms with Crippen molar-refractivity contribution in [2.45, 2.75) is 58.9 Å². The second kappa shape index (κ2) is 9.99. The molecule has 2 N–H and O–H groups in total. The second-order valence-corrected chi connectivity index (χ2v) is 7.98. The summed E-state index contributed by atoms with van der Waals surface area (Å²) in [5.41, 5.74) is 0.332. The number of benzene rings is 1. The molecule has 0 aromatic heterocycles. The topological polar surface area (TPSA) is 50.4 Å². The van der Waals surface area contributed by atoms with Crippen LogP contribution >= 0.6 is 28.1 Å². The Morgan fingerprint density at radius 2 is 1.96 bits per heavy atom. The molecule has 6 heteroatoms. The molecule has 0 bridgehead atoms. The van der Waals surface area contributed by atoms with Crippen LogP contribution in [-0.2, 0) is 0 Å². The van der Waals surface area contributed by atoms with Gasteiger partial charge < -0.3 is 10.1 Å². The van der Waals surface area contributed by atoms with Gasteiger partial charge in [-0.25, -0.2) is 0 Å². The van der Waals surface area contributed by atoms with Gasteiger partial charge in [-0.05, 0) is 73.5 Å². The molecule has 1 aromatic carbocycles. The summed E-state index contributed by atoms with van der Waals surface area (Å²) in [6.45, 7) is 8.81. The Balaban J connectivity index is 2.57. The van der Waals surface area contributed by atoms with Crippen molar-refractivity contribution in [2.75, 3.05) is 6.61 Å². The Bertz CT molecular complexity index is 571. The van der Waals surface area contributed by atoms with E-state index in [-0.39, 0.29) is 11.4 Å². The number of thiocarbonyl (C=S) groups is 1. The smallest absolute Gasteiger partial charge is 0.257 e. The van der Waals surface area contributed by atoms with E-state index in [2.05, 4.69) is 33.5 Å². The maximum absolute atomic E-state index is 12.2. The van der Waals surface area contributed by atoms with Crippen LogP contribution in [-0.4, -0.2) is 23.2 Å². The normalized spacial score (nSPS) is 11.0. The highest BCUT2D eigenvalue weighted by molar-refractivity contribution is 9.10. The minimum absolute atomic E-state index is 0.194. The summed E-state index contributed by atoms with van der Waals surface area (Å²) in [5, 5.41) is 6.06. The molecule has 24 heavy (non-hydrogen) atoms. The maximum Gasteiger partial charge on any atom is 0.257 e. The standard InChI is InChI=1S/C18H27BrN2O2S/c1-5-6-7-8-11-23-15-10-9-13(12-14(15)19)16(22)20-17(24)21-18(2,3)4/h9-10,12H,5-8,11H2,1-4H3,(H2,20,21,22,24). The average Bonchev–Trinajstić information content (AvgIpc) is 2.46. The maximum atomic E-state index is 12.2. The fraction of sp³-hybridized carbons (Fsp3) is 0.556. The highest BCUT2D eigenvalue weighted by Gasteiger charge is 2.15. The minimum Gasteiger partial charge on any atom is -0.492 e. The van der Waals surface area contributed by atoms with Crippen LogP contribution in [0.2, 0.25) is 0 Å². The lowest BCUT2D eigenvalue weighted by Gasteiger charge is -2.22. The molecular weight excluding hydrogens is 388 g/mol. The highest BCUT2D eigenvalue weighted by Crippen LogP contribution is 2.26. The minimum atomic E-state index is -0.244. The van der Waals surface area contributed by atoms with Gasteiger partial charge in [0.2, 0.25) is 0 Å². The second-order valence-electron chi connectivity index (χ2n) is 6.71. The van der Waals surface area contributed by atoms with Gasteiger partial charge in [-0.1, -0.05) is 26.2 Å². The van der Waals surface area contributed by atoms with Gasteiger partial charge in [0.25, 0.3) is 5.91 Å². The molecule has 0 radical (unpaired) electrons. The van der Waals surface area contributed by atoms with Crippen molar-refractivity contribution in [3.05, 3.63) is 28.2 Å². The van der Waals surface area contributed by atoms with Gasteiger partial charge in [-0.2, -0.15) is 0 Å². The van der Waals surface area contributed by atoms with Crippen molar-refractivity contribution in [3.8, 4) is 5.75 Å². The summed E-state index contributed by atoms with van der Waals surface area (Å²) in [6, 6.07) is 5.29. The lowest BCUT2D eigenvalue weighted by molar-refractivity contribution is 0.0976. The monoisotopic (exact) mass is 414 g/mol. The Labute approximate surface area is 158 Å². The van der Waals surface area contributed by atoms with E-state index in [4.69, 9.17) is 17.0 Å². The summed E-state index contributed by atoms with van der Waals surface area (Å²) in [5.74, 6) is 0.505. The van der Waals surface area contributed by atoms with Crippen molar-refractivity contribution in [1.29, 1.82) is 0 Å². The Kier molecular flexibility index (Phi) is 8.70. The van der Waals surface area contributed by atoms with Gasteiger partial charge >= 0.3 is 0 Å². The lowest BCUT2D eigenvalue weighted by Crippen LogP contribution is -2.48. The molecule has 1 amide bonds. The van der Waals surface area contributed by atoms with Gasteiger partial charge in [-0.15, -0.1) is 0 Å². The summed E-state index contributed by atoms with van der Waals surface area (Å²) < 4.78 is 6.51. The van der Waals surface area contributed by atoms with Crippen molar-refractivity contribution in [3.63, 3.8) is 0 Å². The Morgan fingerprint density at radius 3 is 2.54 bits per heavy atom. The number of carbonyl (C=O) groups is 1. The predicted octanol–water partition coefficient (Wildman–Crippen LogP) is 4.81. The van der Waals surface area contributed by atoms with Crippen molar-refractivity contribution in [1.82, 2.24) is 10.6 Å². The Hall–Kier alpha value is -1.14. The van der Waals surface area contributed by atoms with Gasteiger partial charge in [0.05, 0.1) is 11.1 Å². The zero-order valence-electron chi connectivity index (χ0n) is 14.9. The molecule has 0 heterocycles. The van der Waals surface area contributed by atoms with E-state index in [1.807, 2.05) is 20.8 Å². The first-order valence-corrected chi connectivity index (χ1v) is 9.49. The van der Waals surface area contributed by atoms with E-state index in [9.17, 15) is 4.79 Å². The summed E-state index contributed by atoms with van der Waals surface area (Å²) >= 11 is 8.61. The fourth-order valence-electron chi connectivity index (χ4n) is 2.02. The van der Waals surface area contributed by atoms with Crippen LogP contribution in [0.3, 0.4) is 0 Å². The molecule has 0 aliphatic rings. The van der Waals surface area contributed by atoms with Gasteiger partial charge in [0.1, 0.15) is 5.75 Å². The number of hydrogen-bond donors (Lipinski definition) is 2. The van der Waals surface area contributed by atoms with Crippen molar-refractivity contribution in [2.24, 2.45) is 0 Å². The van der Waals surface area contributed by atoms with Gasteiger partial charge in [0, 0.05) is 11.1 Å². The van der Waals surface area contributed by atoms with Crippen LogP contribution in [0.5, 0.6) is 5.75 Å². The predicted molar refractivity (Wildman–Crippen MR) is 107 cm³/mol. The number of halogens is 1. The molecule has 0 atom stereocenters. The largest absolute Gasteiger partial charge is 0.492 e. The van der Waals surface area contributed by atoms with Gasteiger partial charge in [0.15, 0.2) is 5.11 Å². The molecule has 0 fully saturated rings. The molecule has 0 saturated carbocycles. The number of hydrogen-bond acceptors (Lipinski definition) is 3. The SMILES string of the molecule is CCCCCCOc1ccc(C(=O)NC(=S)NC(C)(C)C)cc1Br. The van der Waals surface area contributed by atoms with Crippen LogP contribution < -0.4 is 15.4 Å². The lowest BCUT2D eigenvalue weighted by atomic mass is 10.1. The first-order valence-electron chi connectivity index (χ1n) is 8.29. The molecule has 134 valence electrons. The molecule has 0 unspecified atom stereocenters. The van der Waals surface area contributed by atoms with Crippen LogP contribution in [0.4, 0.5) is 0 Å². The molecule has 4 nitrogen and oxygen atoms in total. The quantitative estimate of drug-likeness (QED) is 0.496. The molecule has 0 aliphatic carbocycles. The van der Waals surface area contributed by atoms with Crippen molar-refractivity contribution >= 4 is 39.2 Å². The third-order valence-electron chi connectivity index (χ3n) is 3.17. The highest BCUT2D eigenvalue weighted by atomic mass is 79.9. The van der Waals surface area contributed by atoms with Crippen LogP contribution in [0.15, 0.2) is 22.7 Å². The average molecular weight is 415 g/mol. The molecule has 0 aliphatic heterocycles. The van der Waals surface area contributed by atoms with E-state index in [0.29, 0.717) is 17.3 Å². The molecule has 0 saturated heterocycles. The number of unbranched alkanes of at least 4 members (excludes halogenated alkanes) is 3. The molecule has 1 rings (SSSR count). The van der Waals surface area contributed by atoms with Crippen LogP contribution in [0.1, 0.15) is 63.7 Å². The van der Waals surface area contributed by atoms with Gasteiger partial charge in [-0.3, -0.25) is 10.1 Å². The van der Waals surface area contributed by atoms with Crippen LogP contribution in [0.25, 0.3) is 0 Å². The third kappa shape index (κ3) is 8.11. The number of amides is 1. The molecule has 0 spiro atoms. The first-order chi connectivity index (χ1) is 11.2. The summed E-state index contributed by atoms with van der Waals surface area (Å²) in [6.07, 6.45) is 4.65. The van der Waals surface area contributed by atoms with E-state index >= 15 is 0 Å². The zero-order chi connectivity index (χ0) is 18.2. The number of ether oxygens (including phenoxy) is 1. The third-order valence-corrected chi connectivity index (χ3v) is 3.99. The zero-order valence-corrected chi connectivity index (χ0v) is 17.3. The van der Waals surface area contributed by atoms with E-state index in [1.165, 1.54) is 19.3 Å². The van der Waals surface area contributed by atoms with E-state index in [0.717, 1.165) is 16.6 Å². The van der Waals surface area contributed by atoms with E-state index < -0.39 is 0 Å². The molecular formula is C18H27BrN2O2S. The summed E-state index contributed by atoms with van der Waals surface area (Å²) in [4.78, 5) is 12.2. The fourth-order valence-corrected chi connectivity index (χ4v) is 2.91. The number of rotatable bonds is 7. The van der Waals surface area contributed by atoms with Crippen LogP contribution in [0, 0.1) is 0 Å². The Morgan fingerprint density at radius 1 is 1.25 bits per heavy atom. The number of carbonyl (C=O) groups excluding carboxylic acids is 1. The van der Waals surface area contributed by atoms with E-state index in [1.54, 1.807) is 18.2 Å². The molecule has 1 aromatic rings. The van der Waals surface area contributed by atoms with Crippen molar-refractivity contribution < 1.29 is 9.53 Å². The number of nitrogens with one attached hydrogen (secondary N) is 2. The summed E-state index contributed by atoms with van der Waals surface area (Å²) in [7, 11) is 0.